The third kappa shape index (κ3) is 3.63. The van der Waals surface area contributed by atoms with Crippen LogP contribution in [0.3, 0.4) is 0 Å². The van der Waals surface area contributed by atoms with E-state index >= 15 is 0 Å². The summed E-state index contributed by atoms with van der Waals surface area (Å²) in [5.41, 5.74) is 0.295. The van der Waals surface area contributed by atoms with E-state index in [0.717, 1.165) is 0 Å². The lowest BCUT2D eigenvalue weighted by atomic mass is 10.0. The van der Waals surface area contributed by atoms with Crippen LogP contribution in [0.25, 0.3) is 0 Å². The maximum Gasteiger partial charge on any atom is 0.331 e. The highest BCUT2D eigenvalue weighted by Gasteiger charge is 2.41. The fourth-order valence-corrected chi connectivity index (χ4v) is 2.98. The molecule has 0 aromatic carbocycles. The number of Topliss-reactive ketones (excluding diaryl/α,β-unsaturated/α-hetero) is 1. The van der Waals surface area contributed by atoms with Gasteiger partial charge in [0.05, 0.1) is 12.2 Å². The molecule has 1 aliphatic rings. The van der Waals surface area contributed by atoms with Crippen molar-refractivity contribution < 1.29 is 18.9 Å². The zero-order chi connectivity index (χ0) is 16.5. The molecule has 22 heavy (non-hydrogen) atoms. The van der Waals surface area contributed by atoms with Gasteiger partial charge in [-0.15, -0.1) is 0 Å². The highest BCUT2D eigenvalue weighted by molar-refractivity contribution is 6.69. The molecule has 120 valence electrons. The van der Waals surface area contributed by atoms with Crippen LogP contribution < -0.4 is 5.06 Å². The monoisotopic (exact) mass is 343 g/mol. The smallest absolute Gasteiger partial charge is 0.331 e. The highest BCUT2D eigenvalue weighted by atomic mass is 35.5. The Morgan fingerprint density at radius 2 is 2.18 bits per heavy atom. The Balaban J connectivity index is 2.48. The first-order chi connectivity index (χ1) is 10.2. The van der Waals surface area contributed by atoms with Crippen LogP contribution in [0.5, 0.6) is 0 Å². The molecule has 0 saturated heterocycles. The lowest BCUT2D eigenvalue weighted by Gasteiger charge is -2.37. The van der Waals surface area contributed by atoms with Crippen molar-refractivity contribution in [2.45, 2.75) is 39.0 Å². The summed E-state index contributed by atoms with van der Waals surface area (Å²) >= 11 is 5.83. The van der Waals surface area contributed by atoms with E-state index in [0.29, 0.717) is 5.56 Å². The minimum absolute atomic E-state index is 0.0137. The summed E-state index contributed by atoms with van der Waals surface area (Å²) in [7, 11) is -2.06. The quantitative estimate of drug-likeness (QED) is 0.471. The molecule has 0 radical (unpaired) electrons. The summed E-state index contributed by atoms with van der Waals surface area (Å²) < 4.78 is 11.0. The molecule has 9 heteroatoms. The largest absolute Gasteiger partial charge is 0.464 e. The summed E-state index contributed by atoms with van der Waals surface area (Å²) in [4.78, 5) is 32.3. The first-order valence-corrected chi connectivity index (χ1v) is 10.7. The van der Waals surface area contributed by atoms with Crippen LogP contribution in [0.2, 0.25) is 24.9 Å². The Morgan fingerprint density at radius 3 is 2.77 bits per heavy atom. The predicted octanol–water partition coefficient (Wildman–Crippen LogP) is 2.22. The summed E-state index contributed by atoms with van der Waals surface area (Å²) in [6.45, 7) is 7.83. The molecule has 2 heterocycles. The van der Waals surface area contributed by atoms with Crippen molar-refractivity contribution in [1.82, 2.24) is 9.97 Å². The van der Waals surface area contributed by atoms with Crippen LogP contribution >= 0.6 is 11.6 Å². The van der Waals surface area contributed by atoms with E-state index in [-0.39, 0.29) is 29.9 Å². The molecule has 1 aromatic rings. The van der Waals surface area contributed by atoms with Gasteiger partial charge in [-0.1, -0.05) is 0 Å². The fourth-order valence-electron chi connectivity index (χ4n) is 2.05. The Labute approximate surface area is 134 Å². The van der Waals surface area contributed by atoms with Gasteiger partial charge < -0.3 is 9.26 Å². The molecular formula is C13H18ClN3O4Si. The van der Waals surface area contributed by atoms with Crippen LogP contribution in [0.15, 0.2) is 6.20 Å². The van der Waals surface area contributed by atoms with Gasteiger partial charge in [-0.05, 0) is 38.2 Å². The first kappa shape index (κ1) is 16.9. The Kier molecular flexibility index (Phi) is 4.83. The van der Waals surface area contributed by atoms with Crippen LogP contribution in [0.1, 0.15) is 23.7 Å². The molecule has 2 rings (SSSR count). The number of anilines is 1. The Bertz CT molecular complexity index is 605. The number of halogens is 1. The van der Waals surface area contributed by atoms with Crippen molar-refractivity contribution in [3.63, 3.8) is 0 Å². The summed E-state index contributed by atoms with van der Waals surface area (Å²) in [6, 6.07) is -0.863. The number of esters is 1. The number of carbonyl (C=O) groups excluding carboxylic acids is 2. The molecule has 0 bridgehead atoms. The number of aromatic nitrogens is 2. The van der Waals surface area contributed by atoms with Crippen LogP contribution in [-0.4, -0.2) is 42.7 Å². The third-order valence-electron chi connectivity index (χ3n) is 2.84. The van der Waals surface area contributed by atoms with E-state index in [9.17, 15) is 9.59 Å². The summed E-state index contributed by atoms with van der Waals surface area (Å²) in [6.07, 6.45) is 1.32. The normalized spacial score (nSPS) is 18.1. The Hall–Kier alpha value is -1.51. The van der Waals surface area contributed by atoms with Gasteiger partial charge in [-0.25, -0.2) is 14.8 Å². The SMILES string of the molecule is CCOC(=O)C1CC(=O)c2cnc(Cl)nc2N1O[Si](C)(C)C. The molecule has 1 unspecified atom stereocenters. The number of ketones is 1. The van der Waals surface area contributed by atoms with Gasteiger partial charge in [0, 0.05) is 12.6 Å². The second-order valence-corrected chi connectivity index (χ2v) is 10.5. The van der Waals surface area contributed by atoms with Gasteiger partial charge in [-0.2, -0.15) is 4.98 Å². The lowest BCUT2D eigenvalue weighted by molar-refractivity contribution is -0.146. The van der Waals surface area contributed by atoms with Crippen molar-refractivity contribution in [2.75, 3.05) is 11.7 Å². The summed E-state index contributed by atoms with van der Waals surface area (Å²) in [5.74, 6) is -0.536. The Morgan fingerprint density at radius 1 is 1.50 bits per heavy atom. The molecule has 0 N–H and O–H groups in total. The maximum atomic E-state index is 12.2. The molecule has 0 spiro atoms. The topological polar surface area (TPSA) is 81.6 Å². The van der Waals surface area contributed by atoms with Crippen molar-refractivity contribution in [2.24, 2.45) is 0 Å². The zero-order valence-corrected chi connectivity index (χ0v) is 14.7. The van der Waals surface area contributed by atoms with E-state index in [2.05, 4.69) is 9.97 Å². The number of fused-ring (bicyclic) bond motifs is 1. The molecular weight excluding hydrogens is 326 g/mol. The maximum absolute atomic E-state index is 12.2. The molecule has 0 amide bonds. The molecule has 7 nitrogen and oxygen atoms in total. The number of ether oxygens (including phenoxy) is 1. The standard InChI is InChI=1S/C13H18ClN3O4Si/c1-5-20-12(19)9-6-10(18)8-7-15-13(14)16-11(8)17(9)21-22(2,3)4/h7,9H,5-6H2,1-4H3. The minimum atomic E-state index is -2.06. The van der Waals surface area contributed by atoms with Gasteiger partial charge in [0.25, 0.3) is 0 Å². The fraction of sp³-hybridized carbons (Fsp3) is 0.538. The van der Waals surface area contributed by atoms with E-state index in [1.165, 1.54) is 11.3 Å². The van der Waals surface area contributed by atoms with Gasteiger partial charge in [0.1, 0.15) is 0 Å². The van der Waals surface area contributed by atoms with Crippen molar-refractivity contribution >= 4 is 37.5 Å². The third-order valence-corrected chi connectivity index (χ3v) is 3.77. The van der Waals surface area contributed by atoms with Crippen molar-refractivity contribution in [3.8, 4) is 0 Å². The second-order valence-electron chi connectivity index (χ2n) is 5.80. The highest BCUT2D eigenvalue weighted by Crippen LogP contribution is 2.31. The molecule has 1 atom stereocenters. The number of hydrogen-bond acceptors (Lipinski definition) is 7. The van der Waals surface area contributed by atoms with Gasteiger partial charge >= 0.3 is 5.97 Å². The summed E-state index contributed by atoms with van der Waals surface area (Å²) in [5, 5.41) is 1.36. The van der Waals surface area contributed by atoms with E-state index in [1.807, 2.05) is 19.6 Å². The van der Waals surface area contributed by atoms with E-state index in [4.69, 9.17) is 20.9 Å². The minimum Gasteiger partial charge on any atom is -0.464 e. The number of carbonyl (C=O) groups is 2. The van der Waals surface area contributed by atoms with E-state index < -0.39 is 20.3 Å². The first-order valence-electron chi connectivity index (χ1n) is 6.93. The molecule has 0 fully saturated rings. The molecule has 1 aromatic heterocycles. The number of hydroxylamine groups is 1. The van der Waals surface area contributed by atoms with Gasteiger partial charge in [0.15, 0.2) is 17.6 Å². The van der Waals surface area contributed by atoms with Crippen LogP contribution in [0, 0.1) is 0 Å². The van der Waals surface area contributed by atoms with E-state index in [1.54, 1.807) is 6.92 Å². The zero-order valence-electron chi connectivity index (χ0n) is 12.9. The molecule has 1 aliphatic heterocycles. The lowest BCUT2D eigenvalue weighted by Crippen LogP contribution is -2.52. The molecule has 0 aliphatic carbocycles. The second kappa shape index (κ2) is 6.31. The number of rotatable bonds is 4. The predicted molar refractivity (Wildman–Crippen MR) is 83.3 cm³/mol. The average molecular weight is 344 g/mol. The number of hydrogen-bond donors (Lipinski definition) is 0. The van der Waals surface area contributed by atoms with Gasteiger partial charge in [0.2, 0.25) is 13.6 Å². The molecule has 0 saturated carbocycles. The van der Waals surface area contributed by atoms with Crippen molar-refractivity contribution in [1.29, 1.82) is 0 Å². The van der Waals surface area contributed by atoms with Crippen LogP contribution in [0.4, 0.5) is 5.82 Å². The average Bonchev–Trinajstić information content (AvgIpc) is 2.40. The van der Waals surface area contributed by atoms with Gasteiger partial charge in [-0.3, -0.25) is 4.79 Å². The van der Waals surface area contributed by atoms with Crippen LogP contribution in [-0.2, 0) is 14.1 Å². The number of nitrogens with zero attached hydrogens (tertiary/aromatic N) is 3. The van der Waals surface area contributed by atoms with Crippen molar-refractivity contribution in [3.05, 3.63) is 17.0 Å².